The van der Waals surface area contributed by atoms with E-state index in [4.69, 9.17) is 10.5 Å². The summed E-state index contributed by atoms with van der Waals surface area (Å²) in [6.07, 6.45) is 3.41. The number of benzene rings is 1. The molecule has 0 saturated carbocycles. The number of ether oxygens (including phenoxy) is 1. The van der Waals surface area contributed by atoms with Gasteiger partial charge in [-0.05, 0) is 29.8 Å². The zero-order valence-electron chi connectivity index (χ0n) is 12.0. The molecule has 0 amide bonds. The van der Waals surface area contributed by atoms with E-state index in [1.165, 1.54) is 0 Å². The summed E-state index contributed by atoms with van der Waals surface area (Å²) in [5, 5.41) is 9.37. The molecule has 3 aromatic rings. The van der Waals surface area contributed by atoms with Gasteiger partial charge in [0, 0.05) is 35.2 Å². The number of methoxy groups -OCH3 is 1. The van der Waals surface area contributed by atoms with Crippen molar-refractivity contribution in [3.05, 3.63) is 54.9 Å². The van der Waals surface area contributed by atoms with Crippen LogP contribution < -0.4 is 10.5 Å². The average molecular weight is 293 g/mol. The van der Waals surface area contributed by atoms with Crippen molar-refractivity contribution in [2.75, 3.05) is 12.8 Å². The molecule has 0 spiro atoms. The smallest absolute Gasteiger partial charge is 0.212 e. The van der Waals surface area contributed by atoms with Crippen LogP contribution in [-0.2, 0) is 0 Å². The second kappa shape index (κ2) is 5.73. The number of nitrogen functional groups attached to an aromatic ring is 1. The van der Waals surface area contributed by atoms with E-state index in [-0.39, 0.29) is 5.75 Å². The van der Waals surface area contributed by atoms with Crippen molar-refractivity contribution in [2.45, 2.75) is 0 Å². The molecule has 2 aromatic heterocycles. The van der Waals surface area contributed by atoms with Crippen LogP contribution in [0.2, 0.25) is 0 Å². The second-order valence-corrected chi connectivity index (χ2v) is 4.79. The molecular formula is C17H15N3O2. The van der Waals surface area contributed by atoms with E-state index in [0.29, 0.717) is 11.7 Å². The summed E-state index contributed by atoms with van der Waals surface area (Å²) in [7, 11) is 1.57. The summed E-state index contributed by atoms with van der Waals surface area (Å²) in [6.45, 7) is 0. The van der Waals surface area contributed by atoms with Gasteiger partial charge in [0.25, 0.3) is 0 Å². The van der Waals surface area contributed by atoms with Gasteiger partial charge in [-0.3, -0.25) is 0 Å². The highest BCUT2D eigenvalue weighted by atomic mass is 16.5. The summed E-state index contributed by atoms with van der Waals surface area (Å²) in [6, 6.07) is 12.6. The number of nitrogens with two attached hydrogens (primary N) is 1. The fraction of sp³-hybridized carbons (Fsp3) is 0.0588. The lowest BCUT2D eigenvalue weighted by Gasteiger charge is -2.09. The highest BCUT2D eigenvalue weighted by molar-refractivity contribution is 5.79. The third kappa shape index (κ3) is 2.69. The monoisotopic (exact) mass is 293 g/mol. The minimum absolute atomic E-state index is 0.228. The summed E-state index contributed by atoms with van der Waals surface area (Å²) < 4.78 is 5.06. The number of aromatic nitrogens is 2. The Bertz CT molecular complexity index is 784. The predicted molar refractivity (Wildman–Crippen MR) is 85.5 cm³/mol. The molecule has 22 heavy (non-hydrogen) atoms. The number of aromatic hydroxyl groups is 1. The topological polar surface area (TPSA) is 81.3 Å². The van der Waals surface area contributed by atoms with Crippen LogP contribution in [0.1, 0.15) is 0 Å². The van der Waals surface area contributed by atoms with Gasteiger partial charge in [-0.25, -0.2) is 9.97 Å². The maximum absolute atomic E-state index is 9.37. The van der Waals surface area contributed by atoms with Crippen molar-refractivity contribution in [3.8, 4) is 33.9 Å². The van der Waals surface area contributed by atoms with Crippen LogP contribution >= 0.6 is 0 Å². The molecule has 0 atom stereocenters. The molecule has 1 aromatic carbocycles. The Kier molecular flexibility index (Phi) is 3.62. The first-order chi connectivity index (χ1) is 10.7. The molecule has 110 valence electrons. The number of phenolic OH excluding ortho intramolecular Hbond substituents is 1. The molecule has 0 saturated heterocycles. The second-order valence-electron chi connectivity index (χ2n) is 4.79. The van der Waals surface area contributed by atoms with Gasteiger partial charge in [-0.1, -0.05) is 12.1 Å². The Balaban J connectivity index is 2.04. The van der Waals surface area contributed by atoms with E-state index in [9.17, 15) is 5.11 Å². The van der Waals surface area contributed by atoms with Crippen molar-refractivity contribution < 1.29 is 9.84 Å². The Morgan fingerprint density at radius 2 is 1.59 bits per heavy atom. The molecule has 5 nitrogen and oxygen atoms in total. The molecular weight excluding hydrogens is 278 g/mol. The van der Waals surface area contributed by atoms with Gasteiger partial charge in [0.1, 0.15) is 11.6 Å². The number of hydrogen-bond donors (Lipinski definition) is 2. The number of anilines is 1. The normalized spacial score (nSPS) is 10.4. The molecule has 0 radical (unpaired) electrons. The molecule has 3 N–H and O–H groups in total. The van der Waals surface area contributed by atoms with E-state index in [1.54, 1.807) is 37.7 Å². The first-order valence-corrected chi connectivity index (χ1v) is 6.73. The summed E-state index contributed by atoms with van der Waals surface area (Å²) in [5.41, 5.74) is 9.53. The van der Waals surface area contributed by atoms with Crippen molar-refractivity contribution in [3.63, 3.8) is 0 Å². The third-order valence-corrected chi connectivity index (χ3v) is 3.38. The van der Waals surface area contributed by atoms with Gasteiger partial charge in [0.2, 0.25) is 5.88 Å². The van der Waals surface area contributed by atoms with Crippen molar-refractivity contribution in [1.82, 2.24) is 9.97 Å². The van der Waals surface area contributed by atoms with E-state index in [1.807, 2.05) is 24.3 Å². The molecule has 3 rings (SSSR count). The van der Waals surface area contributed by atoms with Gasteiger partial charge < -0.3 is 15.6 Å². The fourth-order valence-corrected chi connectivity index (χ4v) is 2.18. The van der Waals surface area contributed by atoms with E-state index in [2.05, 4.69) is 9.97 Å². The molecule has 0 aliphatic heterocycles. The molecule has 5 heteroatoms. The molecule has 0 unspecified atom stereocenters. The molecule has 0 bridgehead atoms. The molecule has 0 aliphatic rings. The minimum Gasteiger partial charge on any atom is -0.508 e. The van der Waals surface area contributed by atoms with Crippen molar-refractivity contribution >= 4 is 5.82 Å². The standard InChI is InChI=1S/C17H15N3O2/c1-22-16-7-4-12(9-19-16)15-8-13(10-20-17(15)18)11-2-5-14(21)6-3-11/h2-10,21H,1H3,(H2,18,20). The lowest BCUT2D eigenvalue weighted by atomic mass is 10.0. The van der Waals surface area contributed by atoms with Crippen LogP contribution in [0.5, 0.6) is 11.6 Å². The zero-order valence-corrected chi connectivity index (χ0v) is 12.0. The van der Waals surface area contributed by atoms with Gasteiger partial charge in [0.05, 0.1) is 7.11 Å². The highest BCUT2D eigenvalue weighted by Gasteiger charge is 2.08. The van der Waals surface area contributed by atoms with Crippen LogP contribution in [0.3, 0.4) is 0 Å². The Morgan fingerprint density at radius 1 is 0.909 bits per heavy atom. The van der Waals surface area contributed by atoms with E-state index in [0.717, 1.165) is 22.3 Å². The lowest BCUT2D eigenvalue weighted by Crippen LogP contribution is -1.96. The quantitative estimate of drug-likeness (QED) is 0.775. The van der Waals surface area contributed by atoms with Crippen LogP contribution in [0.25, 0.3) is 22.3 Å². The molecule has 2 heterocycles. The predicted octanol–water partition coefficient (Wildman–Crippen LogP) is 3.11. The first-order valence-electron chi connectivity index (χ1n) is 6.73. The number of phenols is 1. The van der Waals surface area contributed by atoms with Crippen LogP contribution in [0.4, 0.5) is 5.82 Å². The number of hydrogen-bond acceptors (Lipinski definition) is 5. The van der Waals surface area contributed by atoms with Crippen LogP contribution in [0, 0.1) is 0 Å². The number of rotatable bonds is 3. The number of nitrogens with zero attached hydrogens (tertiary/aromatic N) is 2. The first kappa shape index (κ1) is 13.9. The Morgan fingerprint density at radius 3 is 2.23 bits per heavy atom. The van der Waals surface area contributed by atoms with Gasteiger partial charge in [-0.2, -0.15) is 0 Å². The fourth-order valence-electron chi connectivity index (χ4n) is 2.18. The maximum Gasteiger partial charge on any atom is 0.212 e. The largest absolute Gasteiger partial charge is 0.508 e. The van der Waals surface area contributed by atoms with Crippen molar-refractivity contribution in [1.29, 1.82) is 0 Å². The number of pyridine rings is 2. The van der Waals surface area contributed by atoms with E-state index < -0.39 is 0 Å². The lowest BCUT2D eigenvalue weighted by molar-refractivity contribution is 0.398. The van der Waals surface area contributed by atoms with Crippen molar-refractivity contribution in [2.24, 2.45) is 0 Å². The minimum atomic E-state index is 0.228. The third-order valence-electron chi connectivity index (χ3n) is 3.38. The molecule has 0 aliphatic carbocycles. The summed E-state index contributed by atoms with van der Waals surface area (Å²) in [4.78, 5) is 8.44. The Hall–Kier alpha value is -3.08. The summed E-state index contributed by atoms with van der Waals surface area (Å²) >= 11 is 0. The Labute approximate surface area is 128 Å². The van der Waals surface area contributed by atoms with Crippen LogP contribution in [0.15, 0.2) is 54.9 Å². The average Bonchev–Trinajstić information content (AvgIpc) is 2.56. The summed E-state index contributed by atoms with van der Waals surface area (Å²) in [5.74, 6) is 1.21. The highest BCUT2D eigenvalue weighted by Crippen LogP contribution is 2.30. The maximum atomic E-state index is 9.37. The van der Waals surface area contributed by atoms with Gasteiger partial charge >= 0.3 is 0 Å². The van der Waals surface area contributed by atoms with Gasteiger partial charge in [-0.15, -0.1) is 0 Å². The van der Waals surface area contributed by atoms with Crippen LogP contribution in [-0.4, -0.2) is 22.2 Å². The zero-order chi connectivity index (χ0) is 15.5. The van der Waals surface area contributed by atoms with Gasteiger partial charge in [0.15, 0.2) is 0 Å². The SMILES string of the molecule is COc1ccc(-c2cc(-c3ccc(O)cc3)cnc2N)cn1. The van der Waals surface area contributed by atoms with E-state index >= 15 is 0 Å². The molecule has 0 fully saturated rings.